The number of hydrogen-bond acceptors (Lipinski definition) is 5. The lowest BCUT2D eigenvalue weighted by molar-refractivity contribution is 0.0316. The third-order valence-electron chi connectivity index (χ3n) is 5.50. The van der Waals surface area contributed by atoms with Gasteiger partial charge in [0.1, 0.15) is 5.60 Å². The number of carbonyl (C=O) groups excluding carboxylic acids is 1. The van der Waals surface area contributed by atoms with E-state index in [1.165, 1.54) is 32.1 Å². The van der Waals surface area contributed by atoms with Gasteiger partial charge in [0.15, 0.2) is 5.76 Å². The van der Waals surface area contributed by atoms with Crippen LogP contribution in [0.4, 0.5) is 4.79 Å². The van der Waals surface area contributed by atoms with Crippen LogP contribution < -0.4 is 5.32 Å². The van der Waals surface area contributed by atoms with Crippen LogP contribution in [0.3, 0.4) is 0 Å². The Morgan fingerprint density at radius 3 is 2.83 bits per heavy atom. The summed E-state index contributed by atoms with van der Waals surface area (Å²) in [5.41, 5.74) is 0.762. The SMILES string of the molecule is O=C1OC2(CCNCC2)CN1Cc1cc(C2CCCCC2)no1. The predicted octanol–water partition coefficient (Wildman–Crippen LogP) is 2.80. The summed E-state index contributed by atoms with van der Waals surface area (Å²) in [5, 5.41) is 7.56. The molecular formula is C17H25N3O3. The molecule has 126 valence electrons. The van der Waals surface area contributed by atoms with Crippen molar-refractivity contribution >= 4 is 6.09 Å². The third-order valence-corrected chi connectivity index (χ3v) is 5.50. The van der Waals surface area contributed by atoms with E-state index in [1.807, 2.05) is 6.07 Å². The average Bonchev–Trinajstić information content (AvgIpc) is 3.15. The van der Waals surface area contributed by atoms with Crippen LogP contribution in [0.5, 0.6) is 0 Å². The third kappa shape index (κ3) is 3.09. The van der Waals surface area contributed by atoms with Crippen molar-refractivity contribution in [2.75, 3.05) is 19.6 Å². The zero-order valence-electron chi connectivity index (χ0n) is 13.6. The molecule has 6 heteroatoms. The average molecular weight is 319 g/mol. The second-order valence-electron chi connectivity index (χ2n) is 7.21. The van der Waals surface area contributed by atoms with E-state index in [4.69, 9.17) is 9.26 Å². The number of nitrogens with one attached hydrogen (secondary N) is 1. The van der Waals surface area contributed by atoms with Crippen LogP contribution in [-0.4, -0.2) is 41.4 Å². The van der Waals surface area contributed by atoms with Gasteiger partial charge in [-0.1, -0.05) is 24.4 Å². The van der Waals surface area contributed by atoms with Crippen LogP contribution in [0.25, 0.3) is 0 Å². The number of amides is 1. The predicted molar refractivity (Wildman–Crippen MR) is 84.1 cm³/mol. The summed E-state index contributed by atoms with van der Waals surface area (Å²) < 4.78 is 11.2. The Morgan fingerprint density at radius 1 is 1.26 bits per heavy atom. The Labute approximate surface area is 136 Å². The smallest absolute Gasteiger partial charge is 0.410 e. The fourth-order valence-corrected chi connectivity index (χ4v) is 4.14. The quantitative estimate of drug-likeness (QED) is 0.928. The van der Waals surface area contributed by atoms with E-state index in [9.17, 15) is 4.79 Å². The molecule has 2 saturated heterocycles. The second-order valence-corrected chi connectivity index (χ2v) is 7.21. The highest BCUT2D eigenvalue weighted by Crippen LogP contribution is 2.34. The fraction of sp³-hybridized carbons (Fsp3) is 0.765. The van der Waals surface area contributed by atoms with E-state index in [2.05, 4.69) is 10.5 Å². The van der Waals surface area contributed by atoms with Crippen molar-refractivity contribution in [3.63, 3.8) is 0 Å². The first-order valence-electron chi connectivity index (χ1n) is 8.88. The first-order valence-corrected chi connectivity index (χ1v) is 8.88. The van der Waals surface area contributed by atoms with E-state index in [0.29, 0.717) is 19.0 Å². The van der Waals surface area contributed by atoms with Gasteiger partial charge < -0.3 is 14.6 Å². The molecule has 6 nitrogen and oxygen atoms in total. The van der Waals surface area contributed by atoms with Crippen LogP contribution >= 0.6 is 0 Å². The van der Waals surface area contributed by atoms with Crippen LogP contribution in [0, 0.1) is 0 Å². The van der Waals surface area contributed by atoms with Gasteiger partial charge in [-0.2, -0.15) is 0 Å². The summed E-state index contributed by atoms with van der Waals surface area (Å²) in [6, 6.07) is 2.04. The molecule has 0 aromatic carbocycles. The van der Waals surface area contributed by atoms with Gasteiger partial charge in [-0.3, -0.25) is 4.90 Å². The minimum atomic E-state index is -0.297. The van der Waals surface area contributed by atoms with Crippen molar-refractivity contribution in [2.24, 2.45) is 0 Å². The first-order chi connectivity index (χ1) is 11.2. The van der Waals surface area contributed by atoms with E-state index in [0.717, 1.165) is 37.4 Å². The Morgan fingerprint density at radius 2 is 2.04 bits per heavy atom. The summed E-state index contributed by atoms with van der Waals surface area (Å²) >= 11 is 0. The highest BCUT2D eigenvalue weighted by molar-refractivity contribution is 5.70. The van der Waals surface area contributed by atoms with Gasteiger partial charge in [-0.05, 0) is 25.9 Å². The van der Waals surface area contributed by atoms with Crippen molar-refractivity contribution in [3.8, 4) is 0 Å². The number of rotatable bonds is 3. The van der Waals surface area contributed by atoms with Crippen LogP contribution in [0.1, 0.15) is 62.3 Å². The van der Waals surface area contributed by atoms with Gasteiger partial charge in [0.25, 0.3) is 0 Å². The molecule has 4 rings (SSSR count). The second kappa shape index (κ2) is 6.15. The summed E-state index contributed by atoms with van der Waals surface area (Å²) in [6.45, 7) is 2.95. The fourth-order valence-electron chi connectivity index (χ4n) is 4.14. The maximum absolute atomic E-state index is 12.2. The molecule has 1 saturated carbocycles. The van der Waals surface area contributed by atoms with Gasteiger partial charge in [-0.15, -0.1) is 0 Å². The molecule has 2 aliphatic heterocycles. The Bertz CT molecular complexity index is 559. The topological polar surface area (TPSA) is 67.6 Å². The first kappa shape index (κ1) is 15.0. The monoisotopic (exact) mass is 319 g/mol. The van der Waals surface area contributed by atoms with Crippen LogP contribution in [0.2, 0.25) is 0 Å². The lowest BCUT2D eigenvalue weighted by Gasteiger charge is -2.31. The summed E-state index contributed by atoms with van der Waals surface area (Å²) in [5.74, 6) is 1.30. The summed E-state index contributed by atoms with van der Waals surface area (Å²) in [4.78, 5) is 13.9. The van der Waals surface area contributed by atoms with Crippen LogP contribution in [-0.2, 0) is 11.3 Å². The molecule has 3 heterocycles. The number of aromatic nitrogens is 1. The van der Waals surface area contributed by atoms with Crippen molar-refractivity contribution in [2.45, 2.75) is 63.0 Å². The Kier molecular flexibility index (Phi) is 4.01. The Balaban J connectivity index is 1.40. The number of carbonyl (C=O) groups is 1. The van der Waals surface area contributed by atoms with Gasteiger partial charge in [0.05, 0.1) is 18.8 Å². The number of hydrogen-bond donors (Lipinski definition) is 1. The maximum Gasteiger partial charge on any atom is 0.410 e. The Hall–Kier alpha value is -1.56. The maximum atomic E-state index is 12.2. The molecule has 1 aromatic rings. The van der Waals surface area contributed by atoms with Gasteiger partial charge in [0, 0.05) is 24.8 Å². The van der Waals surface area contributed by atoms with E-state index in [1.54, 1.807) is 4.90 Å². The molecule has 0 unspecified atom stereocenters. The molecule has 3 fully saturated rings. The zero-order chi connectivity index (χ0) is 15.7. The summed E-state index contributed by atoms with van der Waals surface area (Å²) in [7, 11) is 0. The lowest BCUT2D eigenvalue weighted by Crippen LogP contribution is -2.44. The highest BCUT2D eigenvalue weighted by atomic mass is 16.6. The summed E-state index contributed by atoms with van der Waals surface area (Å²) in [6.07, 6.45) is 7.85. The molecule has 1 aliphatic carbocycles. The molecule has 1 spiro atoms. The highest BCUT2D eigenvalue weighted by Gasteiger charge is 2.45. The van der Waals surface area contributed by atoms with Crippen molar-refractivity contribution in [1.29, 1.82) is 0 Å². The molecule has 0 radical (unpaired) electrons. The molecule has 23 heavy (non-hydrogen) atoms. The lowest BCUT2D eigenvalue weighted by atomic mass is 9.87. The standard InChI is InChI=1S/C17H25N3O3/c21-16-20(12-17(22-16)6-8-18-9-7-17)11-14-10-15(19-23-14)13-4-2-1-3-5-13/h10,13,18H,1-9,11-12H2. The minimum Gasteiger partial charge on any atom is -0.441 e. The van der Waals surface area contributed by atoms with Crippen molar-refractivity contribution < 1.29 is 14.1 Å². The van der Waals surface area contributed by atoms with Gasteiger partial charge >= 0.3 is 6.09 Å². The van der Waals surface area contributed by atoms with E-state index < -0.39 is 0 Å². The minimum absolute atomic E-state index is 0.220. The zero-order valence-corrected chi connectivity index (χ0v) is 13.6. The number of ether oxygens (including phenoxy) is 1. The molecule has 1 amide bonds. The van der Waals surface area contributed by atoms with Gasteiger partial charge in [-0.25, -0.2) is 4.79 Å². The largest absolute Gasteiger partial charge is 0.441 e. The molecule has 1 N–H and O–H groups in total. The molecule has 1 aromatic heterocycles. The van der Waals surface area contributed by atoms with E-state index in [-0.39, 0.29) is 11.7 Å². The number of piperidine rings is 1. The van der Waals surface area contributed by atoms with Crippen molar-refractivity contribution in [1.82, 2.24) is 15.4 Å². The van der Waals surface area contributed by atoms with Crippen LogP contribution in [0.15, 0.2) is 10.6 Å². The normalized spacial score (nSPS) is 25.0. The molecular weight excluding hydrogens is 294 g/mol. The van der Waals surface area contributed by atoms with Gasteiger partial charge in [0.2, 0.25) is 0 Å². The van der Waals surface area contributed by atoms with E-state index >= 15 is 0 Å². The molecule has 3 aliphatic rings. The number of nitrogens with zero attached hydrogens (tertiary/aromatic N) is 2. The van der Waals surface area contributed by atoms with Crippen molar-refractivity contribution in [3.05, 3.63) is 17.5 Å². The molecule has 0 atom stereocenters. The molecule has 0 bridgehead atoms.